The van der Waals surface area contributed by atoms with Gasteiger partial charge in [-0.1, -0.05) is 25.1 Å². The molecule has 6 nitrogen and oxygen atoms in total. The van der Waals surface area contributed by atoms with Gasteiger partial charge in [0.15, 0.2) is 5.78 Å². The Morgan fingerprint density at radius 3 is 2.73 bits per heavy atom. The molecule has 1 aromatic heterocycles. The second kappa shape index (κ2) is 10.8. The molecule has 1 amide bonds. The highest BCUT2D eigenvalue weighted by atomic mass is 16.5. The SMILES string of the molecule is CCC(=O)COc1cccc(/C=C/C(=O)N(C)Cc2cccnc2)c1.O. The van der Waals surface area contributed by atoms with Crippen molar-refractivity contribution in [2.75, 3.05) is 13.7 Å². The van der Waals surface area contributed by atoms with E-state index in [-0.39, 0.29) is 23.8 Å². The molecule has 2 aromatic rings. The molecule has 6 heteroatoms. The summed E-state index contributed by atoms with van der Waals surface area (Å²) in [6.07, 6.45) is 7.15. The minimum absolute atomic E-state index is 0. The molecule has 0 saturated heterocycles. The number of Topliss-reactive ketones (excluding diaryl/α,β-unsaturated/α-hetero) is 1. The van der Waals surface area contributed by atoms with Crippen molar-refractivity contribution in [2.45, 2.75) is 19.9 Å². The molecular formula is C20H24N2O4. The highest BCUT2D eigenvalue weighted by molar-refractivity contribution is 5.91. The fourth-order valence-corrected chi connectivity index (χ4v) is 2.11. The Hall–Kier alpha value is -2.99. The molecule has 2 rings (SSSR count). The molecule has 0 aliphatic heterocycles. The third-order valence-corrected chi connectivity index (χ3v) is 3.59. The van der Waals surface area contributed by atoms with E-state index in [4.69, 9.17) is 4.74 Å². The number of likely N-dealkylation sites (N-methyl/N-ethyl adjacent to an activating group) is 1. The predicted octanol–water partition coefficient (Wildman–Crippen LogP) is 2.29. The Bertz CT molecular complexity index is 744. The average molecular weight is 356 g/mol. The molecule has 0 fully saturated rings. The van der Waals surface area contributed by atoms with Crippen molar-refractivity contribution in [2.24, 2.45) is 0 Å². The smallest absolute Gasteiger partial charge is 0.246 e. The highest BCUT2D eigenvalue weighted by Gasteiger charge is 2.06. The van der Waals surface area contributed by atoms with Crippen molar-refractivity contribution in [1.29, 1.82) is 0 Å². The molecular weight excluding hydrogens is 332 g/mol. The standard InChI is InChI=1S/C20H22N2O3.H2O/c1-3-18(23)15-25-19-8-4-6-16(12-19)9-10-20(24)22(2)14-17-7-5-11-21-13-17;/h4-13H,3,14-15H2,1-2H3;1H2/b10-9+;. The van der Waals surface area contributed by atoms with Crippen molar-refractivity contribution < 1.29 is 19.8 Å². The number of ketones is 1. The monoisotopic (exact) mass is 356 g/mol. The molecule has 0 radical (unpaired) electrons. The second-order valence-electron chi connectivity index (χ2n) is 5.64. The maximum atomic E-state index is 12.2. The summed E-state index contributed by atoms with van der Waals surface area (Å²) >= 11 is 0. The summed E-state index contributed by atoms with van der Waals surface area (Å²) in [6.45, 7) is 2.37. The Morgan fingerprint density at radius 1 is 1.23 bits per heavy atom. The minimum atomic E-state index is -0.101. The number of amides is 1. The minimum Gasteiger partial charge on any atom is -0.486 e. The summed E-state index contributed by atoms with van der Waals surface area (Å²) in [7, 11) is 1.75. The number of ether oxygens (including phenoxy) is 1. The van der Waals surface area contributed by atoms with E-state index >= 15 is 0 Å². The van der Waals surface area contributed by atoms with E-state index in [9.17, 15) is 9.59 Å². The number of rotatable bonds is 8. The first-order chi connectivity index (χ1) is 12.1. The summed E-state index contributed by atoms with van der Waals surface area (Å²) in [5, 5.41) is 0. The number of benzene rings is 1. The van der Waals surface area contributed by atoms with Gasteiger partial charge in [-0.2, -0.15) is 0 Å². The molecule has 0 saturated carbocycles. The number of hydrogen-bond donors (Lipinski definition) is 0. The Morgan fingerprint density at radius 2 is 2.04 bits per heavy atom. The summed E-state index contributed by atoms with van der Waals surface area (Å²) in [5.74, 6) is 0.560. The van der Waals surface area contributed by atoms with Gasteiger partial charge in [0.2, 0.25) is 5.91 Å². The summed E-state index contributed by atoms with van der Waals surface area (Å²) in [5.41, 5.74) is 1.81. The van der Waals surface area contributed by atoms with Gasteiger partial charge in [0, 0.05) is 38.5 Å². The van der Waals surface area contributed by atoms with E-state index in [1.54, 1.807) is 49.5 Å². The third kappa shape index (κ3) is 6.86. The van der Waals surface area contributed by atoms with Crippen molar-refractivity contribution >= 4 is 17.8 Å². The zero-order valence-electron chi connectivity index (χ0n) is 15.0. The van der Waals surface area contributed by atoms with Crippen LogP contribution < -0.4 is 4.74 Å². The third-order valence-electron chi connectivity index (χ3n) is 3.59. The van der Waals surface area contributed by atoms with Crippen LogP contribution in [0.25, 0.3) is 6.08 Å². The van der Waals surface area contributed by atoms with Gasteiger partial charge in [0.1, 0.15) is 12.4 Å². The van der Waals surface area contributed by atoms with Gasteiger partial charge < -0.3 is 15.1 Å². The molecule has 0 atom stereocenters. The molecule has 0 bridgehead atoms. The maximum Gasteiger partial charge on any atom is 0.246 e. The topological polar surface area (TPSA) is 91.0 Å². The number of carbonyl (C=O) groups excluding carboxylic acids is 2. The van der Waals surface area contributed by atoms with Crippen LogP contribution in [0.1, 0.15) is 24.5 Å². The largest absolute Gasteiger partial charge is 0.486 e. The molecule has 1 aromatic carbocycles. The van der Waals surface area contributed by atoms with Crippen molar-refractivity contribution in [3.63, 3.8) is 0 Å². The van der Waals surface area contributed by atoms with Crippen molar-refractivity contribution in [3.8, 4) is 5.75 Å². The number of pyridine rings is 1. The van der Waals surface area contributed by atoms with Crippen LogP contribution in [0.4, 0.5) is 0 Å². The highest BCUT2D eigenvalue weighted by Crippen LogP contribution is 2.15. The van der Waals surface area contributed by atoms with E-state index in [1.807, 2.05) is 24.3 Å². The average Bonchev–Trinajstić information content (AvgIpc) is 2.65. The van der Waals surface area contributed by atoms with E-state index in [1.165, 1.54) is 6.08 Å². The van der Waals surface area contributed by atoms with Crippen LogP contribution in [0, 0.1) is 0 Å². The van der Waals surface area contributed by atoms with Crippen LogP contribution in [0.15, 0.2) is 54.9 Å². The fraction of sp³-hybridized carbons (Fsp3) is 0.250. The van der Waals surface area contributed by atoms with Gasteiger partial charge in [0.05, 0.1) is 0 Å². The van der Waals surface area contributed by atoms with E-state index in [2.05, 4.69) is 4.98 Å². The Labute approximate surface area is 153 Å². The van der Waals surface area contributed by atoms with Gasteiger partial charge in [-0.3, -0.25) is 14.6 Å². The van der Waals surface area contributed by atoms with Crippen LogP contribution in [-0.2, 0) is 16.1 Å². The zero-order chi connectivity index (χ0) is 18.1. The van der Waals surface area contributed by atoms with Crippen LogP contribution in [0.5, 0.6) is 5.75 Å². The molecule has 2 N–H and O–H groups in total. The van der Waals surface area contributed by atoms with Crippen LogP contribution >= 0.6 is 0 Å². The maximum absolute atomic E-state index is 12.2. The van der Waals surface area contributed by atoms with Crippen LogP contribution in [-0.4, -0.2) is 40.7 Å². The number of carbonyl (C=O) groups is 2. The van der Waals surface area contributed by atoms with Crippen molar-refractivity contribution in [1.82, 2.24) is 9.88 Å². The normalized spacial score (nSPS) is 10.2. The second-order valence-corrected chi connectivity index (χ2v) is 5.64. The lowest BCUT2D eigenvalue weighted by atomic mass is 10.2. The van der Waals surface area contributed by atoms with E-state index in [0.717, 1.165) is 11.1 Å². The van der Waals surface area contributed by atoms with Gasteiger partial charge >= 0.3 is 0 Å². The molecule has 0 spiro atoms. The lowest BCUT2D eigenvalue weighted by molar-refractivity contribution is -0.125. The summed E-state index contributed by atoms with van der Waals surface area (Å²) in [6, 6.07) is 11.1. The molecule has 0 aliphatic carbocycles. The van der Waals surface area contributed by atoms with Crippen LogP contribution in [0.2, 0.25) is 0 Å². The first-order valence-electron chi connectivity index (χ1n) is 8.15. The van der Waals surface area contributed by atoms with Gasteiger partial charge in [-0.25, -0.2) is 0 Å². The number of hydrogen-bond acceptors (Lipinski definition) is 4. The zero-order valence-corrected chi connectivity index (χ0v) is 15.0. The molecule has 0 aliphatic rings. The van der Waals surface area contributed by atoms with E-state index in [0.29, 0.717) is 18.7 Å². The molecule has 1 heterocycles. The van der Waals surface area contributed by atoms with E-state index < -0.39 is 0 Å². The van der Waals surface area contributed by atoms with Gasteiger partial charge in [-0.05, 0) is 35.4 Å². The first-order valence-corrected chi connectivity index (χ1v) is 8.15. The van der Waals surface area contributed by atoms with Crippen LogP contribution in [0.3, 0.4) is 0 Å². The first kappa shape index (κ1) is 21.1. The lowest BCUT2D eigenvalue weighted by Gasteiger charge is -2.14. The number of aromatic nitrogens is 1. The Balaban J connectivity index is 0.00000338. The summed E-state index contributed by atoms with van der Waals surface area (Å²) < 4.78 is 5.45. The predicted molar refractivity (Wildman–Crippen MR) is 101 cm³/mol. The number of nitrogens with zero attached hydrogens (tertiary/aromatic N) is 2. The Kier molecular flexibility index (Phi) is 8.74. The lowest BCUT2D eigenvalue weighted by Crippen LogP contribution is -2.24. The summed E-state index contributed by atoms with van der Waals surface area (Å²) in [4.78, 5) is 29.2. The molecule has 0 unspecified atom stereocenters. The van der Waals surface area contributed by atoms with Gasteiger partial charge in [0.25, 0.3) is 0 Å². The fourth-order valence-electron chi connectivity index (χ4n) is 2.11. The van der Waals surface area contributed by atoms with Crippen molar-refractivity contribution in [3.05, 3.63) is 66.0 Å². The molecule has 138 valence electrons. The van der Waals surface area contributed by atoms with Gasteiger partial charge in [-0.15, -0.1) is 0 Å². The molecule has 26 heavy (non-hydrogen) atoms. The quantitative estimate of drug-likeness (QED) is 0.679.